The number of hydrogen-bond donors (Lipinski definition) is 1. The molecular weight excluding hydrogens is 332 g/mol. The summed E-state index contributed by atoms with van der Waals surface area (Å²) in [5.74, 6) is 0. The first-order chi connectivity index (χ1) is 11.3. The van der Waals surface area contributed by atoms with E-state index in [2.05, 4.69) is 59.7 Å². The van der Waals surface area contributed by atoms with Crippen LogP contribution in [-0.2, 0) is 24.1 Å². The molecule has 1 atom stereocenters. The second kappa shape index (κ2) is 8.31. The Morgan fingerprint density at radius 2 is 1.28 bits per heavy atom. The van der Waals surface area contributed by atoms with Gasteiger partial charge >= 0.3 is 9.05 Å². The molecule has 1 aromatic carbocycles. The van der Waals surface area contributed by atoms with E-state index in [4.69, 9.17) is 13.3 Å². The Kier molecular flexibility index (Phi) is 7.42. The van der Waals surface area contributed by atoms with Gasteiger partial charge in [-0.3, -0.25) is 0 Å². The molecule has 1 unspecified atom stereocenters. The standard InChI is InChI=1S/C20H36O4Si/c1-10-22-25(21,23-11-2)24-15(3)16-12-17(19(4,5)6)14-18(13-16)20(7,8)9/h12-15,21H,10-11H2,1-9H3. The summed E-state index contributed by atoms with van der Waals surface area (Å²) in [4.78, 5) is 10.6. The molecule has 1 aromatic rings. The second-order valence-corrected chi connectivity index (χ2v) is 10.4. The van der Waals surface area contributed by atoms with Gasteiger partial charge in [-0.05, 0) is 48.3 Å². The predicted molar refractivity (Wildman–Crippen MR) is 105 cm³/mol. The highest BCUT2D eigenvalue weighted by Crippen LogP contribution is 2.33. The van der Waals surface area contributed by atoms with E-state index >= 15 is 0 Å². The summed E-state index contributed by atoms with van der Waals surface area (Å²) in [6, 6.07) is 6.59. The summed E-state index contributed by atoms with van der Waals surface area (Å²) < 4.78 is 16.7. The lowest BCUT2D eigenvalue weighted by atomic mass is 9.79. The Bertz CT molecular complexity index is 520. The third kappa shape index (κ3) is 6.50. The van der Waals surface area contributed by atoms with Crippen molar-refractivity contribution in [2.75, 3.05) is 13.2 Å². The molecule has 1 rings (SSSR count). The summed E-state index contributed by atoms with van der Waals surface area (Å²) >= 11 is 0. The zero-order valence-corrected chi connectivity index (χ0v) is 18.4. The van der Waals surface area contributed by atoms with Gasteiger partial charge in [0.1, 0.15) is 0 Å². The summed E-state index contributed by atoms with van der Waals surface area (Å²) in [6.45, 7) is 19.5. The van der Waals surface area contributed by atoms with Crippen molar-refractivity contribution in [3.05, 3.63) is 34.9 Å². The van der Waals surface area contributed by atoms with Crippen LogP contribution in [0.2, 0.25) is 0 Å². The van der Waals surface area contributed by atoms with Crippen LogP contribution in [0, 0.1) is 0 Å². The van der Waals surface area contributed by atoms with E-state index in [9.17, 15) is 4.80 Å². The van der Waals surface area contributed by atoms with Crippen molar-refractivity contribution in [2.45, 2.75) is 79.2 Å². The highest BCUT2D eigenvalue weighted by Gasteiger charge is 2.42. The molecule has 0 aliphatic carbocycles. The molecule has 5 heteroatoms. The molecule has 0 amide bonds. The average Bonchev–Trinajstić information content (AvgIpc) is 2.45. The zero-order valence-electron chi connectivity index (χ0n) is 17.4. The fourth-order valence-corrected chi connectivity index (χ4v) is 4.05. The summed E-state index contributed by atoms with van der Waals surface area (Å²) in [5, 5.41) is 0. The molecule has 0 heterocycles. The molecule has 0 aliphatic heterocycles. The average molecular weight is 369 g/mol. The molecule has 25 heavy (non-hydrogen) atoms. The van der Waals surface area contributed by atoms with Crippen molar-refractivity contribution < 1.29 is 18.1 Å². The summed E-state index contributed by atoms with van der Waals surface area (Å²) in [6.07, 6.45) is -0.321. The van der Waals surface area contributed by atoms with E-state index in [1.165, 1.54) is 11.1 Å². The lowest BCUT2D eigenvalue weighted by Gasteiger charge is -2.29. The van der Waals surface area contributed by atoms with E-state index in [1.54, 1.807) is 0 Å². The monoisotopic (exact) mass is 368 g/mol. The number of rotatable bonds is 7. The molecule has 144 valence electrons. The third-order valence-corrected chi connectivity index (χ3v) is 6.09. The highest BCUT2D eigenvalue weighted by atomic mass is 28.4. The van der Waals surface area contributed by atoms with Gasteiger partial charge in [0.15, 0.2) is 0 Å². The van der Waals surface area contributed by atoms with Crippen LogP contribution in [0.3, 0.4) is 0 Å². The lowest BCUT2D eigenvalue weighted by molar-refractivity contribution is -0.0247. The Labute approximate surface area is 155 Å². The maximum Gasteiger partial charge on any atom is 0.677 e. The van der Waals surface area contributed by atoms with Gasteiger partial charge in [-0.1, -0.05) is 59.7 Å². The minimum Gasteiger partial charge on any atom is -0.367 e. The minimum atomic E-state index is -3.62. The molecule has 0 aliphatic rings. The largest absolute Gasteiger partial charge is 0.677 e. The normalized spacial score (nSPS) is 14.6. The minimum absolute atomic E-state index is 0.0311. The highest BCUT2D eigenvalue weighted by molar-refractivity contribution is 6.51. The van der Waals surface area contributed by atoms with Gasteiger partial charge in [-0.15, -0.1) is 0 Å². The molecular formula is C20H36O4Si. The zero-order chi connectivity index (χ0) is 19.5. The van der Waals surface area contributed by atoms with Gasteiger partial charge in [0.25, 0.3) is 0 Å². The van der Waals surface area contributed by atoms with E-state index < -0.39 is 9.05 Å². The fourth-order valence-electron chi connectivity index (χ4n) is 2.52. The van der Waals surface area contributed by atoms with Gasteiger partial charge in [0.05, 0.1) is 6.10 Å². The van der Waals surface area contributed by atoms with Crippen molar-refractivity contribution in [3.8, 4) is 0 Å². The predicted octanol–water partition coefficient (Wildman–Crippen LogP) is 4.86. The molecule has 4 nitrogen and oxygen atoms in total. The SMILES string of the molecule is CCO[Si](O)(OCC)OC(C)c1cc(C(C)(C)C)cc(C(C)(C)C)c1. The van der Waals surface area contributed by atoms with Crippen LogP contribution in [-0.4, -0.2) is 27.1 Å². The van der Waals surface area contributed by atoms with Gasteiger partial charge in [0.2, 0.25) is 0 Å². The van der Waals surface area contributed by atoms with E-state index in [1.807, 2.05) is 20.8 Å². The van der Waals surface area contributed by atoms with Crippen LogP contribution in [0.1, 0.15) is 85.1 Å². The molecule has 0 bridgehead atoms. The first-order valence-electron chi connectivity index (χ1n) is 9.16. The summed E-state index contributed by atoms with van der Waals surface area (Å²) in [7, 11) is -3.62. The lowest BCUT2D eigenvalue weighted by Crippen LogP contribution is -2.46. The van der Waals surface area contributed by atoms with Crippen LogP contribution >= 0.6 is 0 Å². The van der Waals surface area contributed by atoms with Gasteiger partial charge in [0, 0.05) is 13.2 Å². The number of benzene rings is 1. The topological polar surface area (TPSA) is 47.9 Å². The van der Waals surface area contributed by atoms with E-state index in [0.717, 1.165) is 5.56 Å². The summed E-state index contributed by atoms with van der Waals surface area (Å²) in [5.41, 5.74) is 3.60. The second-order valence-electron chi connectivity index (χ2n) is 8.49. The maximum absolute atomic E-state index is 10.6. The van der Waals surface area contributed by atoms with Crippen molar-refractivity contribution >= 4 is 9.05 Å². The molecule has 0 fully saturated rings. The van der Waals surface area contributed by atoms with Crippen LogP contribution in [0.5, 0.6) is 0 Å². The Hall–Kier alpha value is -0.723. The van der Waals surface area contributed by atoms with Crippen LogP contribution in [0.4, 0.5) is 0 Å². The van der Waals surface area contributed by atoms with Crippen molar-refractivity contribution in [1.29, 1.82) is 0 Å². The van der Waals surface area contributed by atoms with Gasteiger partial charge in [-0.2, -0.15) is 0 Å². The molecule has 1 N–H and O–H groups in total. The van der Waals surface area contributed by atoms with Crippen LogP contribution in [0.15, 0.2) is 18.2 Å². The third-order valence-electron chi connectivity index (χ3n) is 4.14. The van der Waals surface area contributed by atoms with Crippen molar-refractivity contribution in [1.82, 2.24) is 0 Å². The Morgan fingerprint density at radius 3 is 1.60 bits per heavy atom. The Morgan fingerprint density at radius 1 is 0.880 bits per heavy atom. The molecule has 0 saturated heterocycles. The molecule has 0 saturated carbocycles. The first kappa shape index (κ1) is 22.3. The van der Waals surface area contributed by atoms with E-state index in [-0.39, 0.29) is 16.9 Å². The maximum atomic E-state index is 10.6. The Balaban J connectivity index is 3.26. The quantitative estimate of drug-likeness (QED) is 0.698. The fraction of sp³-hybridized carbons (Fsp3) is 0.700. The number of hydrogen-bond acceptors (Lipinski definition) is 4. The molecule has 0 radical (unpaired) electrons. The van der Waals surface area contributed by atoms with Crippen LogP contribution in [0.25, 0.3) is 0 Å². The smallest absolute Gasteiger partial charge is 0.367 e. The first-order valence-corrected chi connectivity index (χ1v) is 10.8. The van der Waals surface area contributed by atoms with Crippen LogP contribution < -0.4 is 0 Å². The molecule has 0 aromatic heterocycles. The molecule has 0 spiro atoms. The van der Waals surface area contributed by atoms with Gasteiger partial charge in [-0.25, -0.2) is 0 Å². The van der Waals surface area contributed by atoms with Gasteiger partial charge < -0.3 is 18.1 Å². The van der Waals surface area contributed by atoms with Crippen molar-refractivity contribution in [2.24, 2.45) is 0 Å². The van der Waals surface area contributed by atoms with E-state index in [0.29, 0.717) is 13.2 Å². The van der Waals surface area contributed by atoms with Crippen molar-refractivity contribution in [3.63, 3.8) is 0 Å².